The maximum Gasteiger partial charge on any atom is 0.308 e. The van der Waals surface area contributed by atoms with Crippen LogP contribution in [0.25, 0.3) is 0 Å². The Morgan fingerprint density at radius 1 is 1.12 bits per heavy atom. The van der Waals surface area contributed by atoms with E-state index in [1.165, 1.54) is 0 Å². The number of ether oxygens (including phenoxy) is 2. The summed E-state index contributed by atoms with van der Waals surface area (Å²) in [5.41, 5.74) is 3.22. The number of nitrogens with zero attached hydrogens (tertiary/aromatic N) is 3. The third kappa shape index (κ3) is 8.04. The van der Waals surface area contributed by atoms with E-state index in [2.05, 4.69) is 39.0 Å². The third-order valence-electron chi connectivity index (χ3n) is 8.81. The molecule has 0 spiro atoms. The molecule has 2 aromatic carbocycles. The Kier molecular flexibility index (Phi) is 10.9. The van der Waals surface area contributed by atoms with E-state index in [4.69, 9.17) is 9.47 Å². The van der Waals surface area contributed by atoms with Gasteiger partial charge >= 0.3 is 5.97 Å². The Hall–Kier alpha value is -3.10. The van der Waals surface area contributed by atoms with Gasteiger partial charge in [0, 0.05) is 44.4 Å². The fraction of sp³-hybridized carbons (Fsp3) is 0.588. The molecule has 1 fully saturated rings. The van der Waals surface area contributed by atoms with Crippen LogP contribution in [0.1, 0.15) is 55.2 Å². The number of aliphatic carboxylic acids is 1. The van der Waals surface area contributed by atoms with Crippen molar-refractivity contribution in [3.63, 3.8) is 0 Å². The van der Waals surface area contributed by atoms with Crippen LogP contribution in [-0.2, 0) is 22.4 Å². The summed E-state index contributed by atoms with van der Waals surface area (Å²) in [5, 5.41) is 10.6. The Morgan fingerprint density at radius 2 is 1.88 bits per heavy atom. The number of carbonyl (C=O) groups is 2. The summed E-state index contributed by atoms with van der Waals surface area (Å²) in [6, 6.07) is 13.8. The second kappa shape index (κ2) is 14.4. The molecule has 0 aliphatic carbocycles. The maximum atomic E-state index is 13.8. The molecule has 2 aliphatic rings. The van der Waals surface area contributed by atoms with Crippen molar-refractivity contribution in [2.45, 2.75) is 57.4 Å². The highest BCUT2D eigenvalue weighted by atomic mass is 16.5. The van der Waals surface area contributed by atoms with Crippen LogP contribution < -0.4 is 9.47 Å². The number of benzene rings is 2. The van der Waals surface area contributed by atoms with E-state index in [1.54, 1.807) is 7.11 Å². The predicted molar refractivity (Wildman–Crippen MR) is 165 cm³/mol. The lowest BCUT2D eigenvalue weighted by Gasteiger charge is -2.31. The van der Waals surface area contributed by atoms with Crippen LogP contribution >= 0.6 is 0 Å². The number of fused-ring (bicyclic) bond motifs is 1. The first-order chi connectivity index (χ1) is 20.1. The number of aryl methyl sites for hydroxylation is 1. The Morgan fingerprint density at radius 3 is 2.60 bits per heavy atom. The highest BCUT2D eigenvalue weighted by molar-refractivity contribution is 5.79. The fourth-order valence-electron chi connectivity index (χ4n) is 6.56. The molecule has 230 valence electrons. The third-order valence-corrected chi connectivity index (χ3v) is 8.81. The molecule has 0 radical (unpaired) electrons. The Balaban J connectivity index is 1.59. The smallest absolute Gasteiger partial charge is 0.308 e. The molecule has 0 aromatic heterocycles. The van der Waals surface area contributed by atoms with Crippen molar-refractivity contribution >= 4 is 11.9 Å². The lowest BCUT2D eigenvalue weighted by Crippen LogP contribution is -2.45. The SMILES string of the molecule is CCCCN(CCC[N+](C)(C)C)C(=O)CN1C[C@H](c2ccc3c(c2)CCO3)[C@@H](C(=O)O)[C@@H]1CCc1ccccc1OC. The standard InChI is InChI=1S/C34H49N3O5/c1-6-7-18-35(19-10-20-37(2,3)4)32(38)24-36-23-28(26-14-16-31-27(22-26)17-21-42-31)33(34(39)40)29(36)15-13-25-11-8-9-12-30(25)41-5/h8-9,11-12,14,16,22,28-29,33H,6-7,10,13,15,17-21,23-24H2,1-5H3/p+1/t28-,29+,33-/m1/s1. The van der Waals surface area contributed by atoms with Gasteiger partial charge in [-0.25, -0.2) is 0 Å². The molecule has 1 amide bonds. The van der Waals surface area contributed by atoms with Gasteiger partial charge in [0.1, 0.15) is 11.5 Å². The first kappa shape index (κ1) is 31.8. The normalized spacial score (nSPS) is 20.3. The van der Waals surface area contributed by atoms with Crippen LogP contribution in [0.15, 0.2) is 42.5 Å². The zero-order valence-electron chi connectivity index (χ0n) is 26.2. The average molecular weight is 581 g/mol. The number of carboxylic acid groups (broad SMARTS) is 1. The van der Waals surface area contributed by atoms with Crippen LogP contribution in [0.5, 0.6) is 11.5 Å². The monoisotopic (exact) mass is 580 g/mol. The van der Waals surface area contributed by atoms with E-state index in [1.807, 2.05) is 41.3 Å². The van der Waals surface area contributed by atoms with Crippen molar-refractivity contribution in [1.82, 2.24) is 9.80 Å². The maximum absolute atomic E-state index is 13.8. The summed E-state index contributed by atoms with van der Waals surface area (Å²) in [6.45, 7) is 6.04. The van der Waals surface area contributed by atoms with Gasteiger partial charge in [0.25, 0.3) is 0 Å². The van der Waals surface area contributed by atoms with E-state index >= 15 is 0 Å². The number of hydrogen-bond donors (Lipinski definition) is 1. The quantitative estimate of drug-likeness (QED) is 0.314. The van der Waals surface area contributed by atoms with Crippen molar-refractivity contribution < 1.29 is 28.7 Å². The Bertz CT molecular complexity index is 1210. The van der Waals surface area contributed by atoms with Crippen molar-refractivity contribution in [2.24, 2.45) is 5.92 Å². The van der Waals surface area contributed by atoms with Gasteiger partial charge in [-0.2, -0.15) is 0 Å². The molecule has 2 aromatic rings. The molecular weight excluding hydrogens is 530 g/mol. The topological polar surface area (TPSA) is 79.3 Å². The van der Waals surface area contributed by atoms with Gasteiger partial charge < -0.3 is 24.0 Å². The molecule has 2 aliphatic heterocycles. The van der Waals surface area contributed by atoms with Crippen LogP contribution in [-0.4, -0.2) is 105 Å². The number of likely N-dealkylation sites (tertiary alicyclic amines) is 1. The number of rotatable bonds is 15. The molecule has 8 nitrogen and oxygen atoms in total. The first-order valence-corrected chi connectivity index (χ1v) is 15.5. The minimum absolute atomic E-state index is 0.0966. The number of carboxylic acids is 1. The minimum Gasteiger partial charge on any atom is -0.496 e. The van der Waals surface area contributed by atoms with Gasteiger partial charge in [-0.15, -0.1) is 0 Å². The van der Waals surface area contributed by atoms with Gasteiger partial charge in [-0.05, 0) is 48.1 Å². The molecule has 3 atom stereocenters. The zero-order chi connectivity index (χ0) is 30.3. The Labute approximate surface area is 251 Å². The van der Waals surface area contributed by atoms with E-state index in [0.29, 0.717) is 26.0 Å². The van der Waals surface area contributed by atoms with Crippen LogP contribution in [0.4, 0.5) is 0 Å². The van der Waals surface area contributed by atoms with Crippen LogP contribution in [0.3, 0.4) is 0 Å². The number of para-hydroxylation sites is 1. The van der Waals surface area contributed by atoms with Crippen molar-refractivity contribution in [1.29, 1.82) is 0 Å². The number of carbonyl (C=O) groups excluding carboxylic acids is 1. The molecule has 0 saturated carbocycles. The van der Waals surface area contributed by atoms with E-state index in [0.717, 1.165) is 78.0 Å². The van der Waals surface area contributed by atoms with Crippen molar-refractivity contribution in [3.8, 4) is 11.5 Å². The molecule has 1 N–H and O–H groups in total. The minimum atomic E-state index is -0.803. The number of methoxy groups -OCH3 is 1. The molecule has 2 heterocycles. The highest BCUT2D eigenvalue weighted by Crippen LogP contribution is 2.41. The zero-order valence-corrected chi connectivity index (χ0v) is 26.2. The number of unbranched alkanes of at least 4 members (excludes halogenated alkanes) is 1. The molecule has 42 heavy (non-hydrogen) atoms. The molecule has 0 bridgehead atoms. The first-order valence-electron chi connectivity index (χ1n) is 15.5. The van der Waals surface area contributed by atoms with Gasteiger partial charge in [0.05, 0.1) is 53.9 Å². The van der Waals surface area contributed by atoms with Gasteiger partial charge in [-0.1, -0.05) is 43.7 Å². The summed E-state index contributed by atoms with van der Waals surface area (Å²) < 4.78 is 12.2. The molecule has 8 heteroatoms. The summed E-state index contributed by atoms with van der Waals surface area (Å²) in [5.74, 6) is 0.176. The summed E-state index contributed by atoms with van der Waals surface area (Å²) in [7, 11) is 8.18. The number of hydrogen-bond acceptors (Lipinski definition) is 5. The summed E-state index contributed by atoms with van der Waals surface area (Å²) in [6.07, 6.45) is 5.07. The molecule has 4 rings (SSSR count). The largest absolute Gasteiger partial charge is 0.496 e. The predicted octanol–water partition coefficient (Wildman–Crippen LogP) is 4.46. The summed E-state index contributed by atoms with van der Waals surface area (Å²) in [4.78, 5) is 30.9. The lowest BCUT2D eigenvalue weighted by molar-refractivity contribution is -0.870. The fourth-order valence-corrected chi connectivity index (χ4v) is 6.56. The van der Waals surface area contributed by atoms with E-state index in [-0.39, 0.29) is 24.4 Å². The lowest BCUT2D eigenvalue weighted by atomic mass is 9.83. The molecule has 1 saturated heterocycles. The van der Waals surface area contributed by atoms with Gasteiger partial charge in [-0.3, -0.25) is 14.5 Å². The summed E-state index contributed by atoms with van der Waals surface area (Å²) >= 11 is 0. The van der Waals surface area contributed by atoms with E-state index < -0.39 is 11.9 Å². The van der Waals surface area contributed by atoms with Crippen LogP contribution in [0, 0.1) is 5.92 Å². The molecular formula is C34H50N3O5+. The van der Waals surface area contributed by atoms with Crippen molar-refractivity contribution in [2.75, 3.05) is 67.6 Å². The average Bonchev–Trinajstić information content (AvgIpc) is 3.57. The number of amides is 1. The highest BCUT2D eigenvalue weighted by Gasteiger charge is 2.47. The second-order valence-electron chi connectivity index (χ2n) is 12.9. The van der Waals surface area contributed by atoms with Gasteiger partial charge in [0.15, 0.2) is 0 Å². The van der Waals surface area contributed by atoms with Gasteiger partial charge in [0.2, 0.25) is 5.91 Å². The van der Waals surface area contributed by atoms with Crippen molar-refractivity contribution in [3.05, 3.63) is 59.2 Å². The van der Waals surface area contributed by atoms with Crippen LogP contribution in [0.2, 0.25) is 0 Å². The van der Waals surface area contributed by atoms with E-state index in [9.17, 15) is 14.7 Å². The number of quaternary nitrogens is 1. The second-order valence-corrected chi connectivity index (χ2v) is 12.9. The molecule has 0 unspecified atom stereocenters.